The summed E-state index contributed by atoms with van der Waals surface area (Å²) in [6, 6.07) is -0.157. The van der Waals surface area contributed by atoms with E-state index in [4.69, 9.17) is 0 Å². The van der Waals surface area contributed by atoms with Gasteiger partial charge in [-0.05, 0) is 19.3 Å². The van der Waals surface area contributed by atoms with Gasteiger partial charge in [0.2, 0.25) is 0 Å². The predicted octanol–water partition coefficient (Wildman–Crippen LogP) is 2.50. The quantitative estimate of drug-likeness (QED) is 0.670. The molecular weight excluding hydrogens is 289 g/mol. The van der Waals surface area contributed by atoms with E-state index in [1.54, 1.807) is 0 Å². The number of alkyl halides is 3. The maximum Gasteiger partial charge on any atom is 0.391 e. The second-order valence-corrected chi connectivity index (χ2v) is 5.27. The van der Waals surface area contributed by atoms with Crippen LogP contribution in [0, 0.1) is 16.0 Å². The average molecular weight is 306 g/mol. The number of aromatic nitrogens is 2. The van der Waals surface area contributed by atoms with Crippen LogP contribution >= 0.6 is 0 Å². The summed E-state index contributed by atoms with van der Waals surface area (Å²) in [6.07, 6.45) is -0.0684. The molecular formula is C12H17F3N4O2. The van der Waals surface area contributed by atoms with Crippen LogP contribution in [0.3, 0.4) is 0 Å². The molecule has 0 amide bonds. The lowest BCUT2D eigenvalue weighted by molar-refractivity contribution is -0.385. The summed E-state index contributed by atoms with van der Waals surface area (Å²) in [4.78, 5) is 9.96. The number of nitrogens with one attached hydrogen (secondary N) is 1. The van der Waals surface area contributed by atoms with E-state index in [1.807, 2.05) is 0 Å². The monoisotopic (exact) mass is 306 g/mol. The van der Waals surface area contributed by atoms with Crippen LogP contribution in [0.1, 0.15) is 25.7 Å². The summed E-state index contributed by atoms with van der Waals surface area (Å²) < 4.78 is 39.4. The molecule has 21 heavy (non-hydrogen) atoms. The van der Waals surface area contributed by atoms with Crippen LogP contribution < -0.4 is 5.32 Å². The van der Waals surface area contributed by atoms with E-state index in [1.165, 1.54) is 10.9 Å². The van der Waals surface area contributed by atoms with Crippen LogP contribution in [0.25, 0.3) is 0 Å². The SMILES string of the molecule is O=[N+]([O-])c1cnn(CCN[C@@H]2CCC[C@@H](C(F)(F)F)C2)c1. The Morgan fingerprint density at radius 1 is 1.48 bits per heavy atom. The maximum atomic E-state index is 12.7. The molecule has 2 rings (SSSR count). The molecule has 0 unspecified atom stereocenters. The fraction of sp³-hybridized carbons (Fsp3) is 0.750. The highest BCUT2D eigenvalue weighted by Gasteiger charge is 2.41. The first-order valence-corrected chi connectivity index (χ1v) is 6.83. The third kappa shape index (κ3) is 4.42. The first kappa shape index (κ1) is 15.7. The van der Waals surface area contributed by atoms with Crippen LogP contribution in [0.5, 0.6) is 0 Å². The summed E-state index contributed by atoms with van der Waals surface area (Å²) in [5.41, 5.74) is -0.0928. The van der Waals surface area contributed by atoms with E-state index in [9.17, 15) is 23.3 Å². The van der Waals surface area contributed by atoms with E-state index < -0.39 is 17.0 Å². The van der Waals surface area contributed by atoms with Crippen molar-refractivity contribution in [1.82, 2.24) is 15.1 Å². The second-order valence-electron chi connectivity index (χ2n) is 5.27. The van der Waals surface area contributed by atoms with E-state index in [2.05, 4.69) is 10.4 Å². The van der Waals surface area contributed by atoms with Crippen molar-refractivity contribution < 1.29 is 18.1 Å². The third-order valence-corrected chi connectivity index (χ3v) is 3.74. The lowest BCUT2D eigenvalue weighted by Gasteiger charge is -2.31. The van der Waals surface area contributed by atoms with Gasteiger partial charge in [0.05, 0.1) is 17.4 Å². The fourth-order valence-corrected chi connectivity index (χ4v) is 2.62. The molecule has 0 aromatic carbocycles. The highest BCUT2D eigenvalue weighted by molar-refractivity contribution is 5.20. The number of hydrogen-bond acceptors (Lipinski definition) is 4. The average Bonchev–Trinajstić information content (AvgIpc) is 2.87. The number of nitro groups is 1. The Bertz CT molecular complexity index is 489. The van der Waals surface area contributed by atoms with Crippen LogP contribution in [-0.2, 0) is 6.54 Å². The summed E-state index contributed by atoms with van der Waals surface area (Å²) in [7, 11) is 0. The molecule has 6 nitrogen and oxygen atoms in total. The molecule has 118 valence electrons. The zero-order valence-electron chi connectivity index (χ0n) is 11.3. The maximum absolute atomic E-state index is 12.7. The molecule has 0 radical (unpaired) electrons. The molecule has 2 atom stereocenters. The minimum absolute atomic E-state index is 0.0928. The zero-order chi connectivity index (χ0) is 15.5. The van der Waals surface area contributed by atoms with Crippen LogP contribution in [0.4, 0.5) is 18.9 Å². The molecule has 1 aromatic heterocycles. The molecule has 0 spiro atoms. The van der Waals surface area contributed by atoms with Crippen molar-refractivity contribution in [2.24, 2.45) is 5.92 Å². The topological polar surface area (TPSA) is 73.0 Å². The first-order chi connectivity index (χ1) is 9.86. The van der Waals surface area contributed by atoms with E-state index in [0.717, 1.165) is 12.6 Å². The van der Waals surface area contributed by atoms with Crippen molar-refractivity contribution in [3.63, 3.8) is 0 Å². The first-order valence-electron chi connectivity index (χ1n) is 6.83. The highest BCUT2D eigenvalue weighted by Crippen LogP contribution is 2.37. The minimum atomic E-state index is -4.12. The van der Waals surface area contributed by atoms with Crippen molar-refractivity contribution in [2.75, 3.05) is 6.54 Å². The minimum Gasteiger partial charge on any atom is -0.312 e. The molecule has 1 N–H and O–H groups in total. The van der Waals surface area contributed by atoms with Crippen molar-refractivity contribution in [1.29, 1.82) is 0 Å². The Kier molecular flexibility index (Phi) is 4.81. The van der Waals surface area contributed by atoms with Gasteiger partial charge in [-0.2, -0.15) is 18.3 Å². The van der Waals surface area contributed by atoms with Gasteiger partial charge in [0, 0.05) is 12.6 Å². The van der Waals surface area contributed by atoms with Gasteiger partial charge in [-0.3, -0.25) is 14.8 Å². The summed E-state index contributed by atoms with van der Waals surface area (Å²) in [6.45, 7) is 0.828. The van der Waals surface area contributed by atoms with Gasteiger partial charge in [-0.25, -0.2) is 0 Å². The van der Waals surface area contributed by atoms with Crippen LogP contribution in [0.2, 0.25) is 0 Å². The summed E-state index contributed by atoms with van der Waals surface area (Å²) >= 11 is 0. The van der Waals surface area contributed by atoms with Gasteiger partial charge in [-0.15, -0.1) is 0 Å². The van der Waals surface area contributed by atoms with Crippen LogP contribution in [0.15, 0.2) is 12.4 Å². The summed E-state index contributed by atoms with van der Waals surface area (Å²) in [5.74, 6) is -1.23. The largest absolute Gasteiger partial charge is 0.391 e. The van der Waals surface area contributed by atoms with Crippen molar-refractivity contribution >= 4 is 5.69 Å². The molecule has 1 aliphatic carbocycles. The molecule has 0 aliphatic heterocycles. The van der Waals surface area contributed by atoms with Crippen LogP contribution in [-0.4, -0.2) is 33.5 Å². The fourth-order valence-electron chi connectivity index (χ4n) is 2.62. The Hall–Kier alpha value is -1.64. The molecule has 1 aromatic rings. The lowest BCUT2D eigenvalue weighted by Crippen LogP contribution is -2.39. The molecule has 1 saturated carbocycles. The number of hydrogen-bond donors (Lipinski definition) is 1. The lowest BCUT2D eigenvalue weighted by atomic mass is 9.85. The molecule has 0 saturated heterocycles. The molecule has 1 fully saturated rings. The number of rotatable bonds is 5. The van der Waals surface area contributed by atoms with Gasteiger partial charge in [-0.1, -0.05) is 6.42 Å². The standard InChI is InChI=1S/C12H17F3N4O2/c13-12(14,15)9-2-1-3-10(6-9)16-4-5-18-8-11(7-17-18)19(20)21/h7-10,16H,1-6H2/t9-,10-/m1/s1. The van der Waals surface area contributed by atoms with E-state index in [0.29, 0.717) is 19.5 Å². The zero-order valence-corrected chi connectivity index (χ0v) is 11.3. The summed E-state index contributed by atoms with van der Waals surface area (Å²) in [5, 5.41) is 17.4. The van der Waals surface area contributed by atoms with Crippen molar-refractivity contribution in [2.45, 2.75) is 44.4 Å². The van der Waals surface area contributed by atoms with Crippen molar-refractivity contribution in [3.8, 4) is 0 Å². The Labute approximate surface area is 119 Å². The normalized spacial score (nSPS) is 23.2. The second kappa shape index (κ2) is 6.42. The van der Waals surface area contributed by atoms with Gasteiger partial charge >= 0.3 is 11.9 Å². The Morgan fingerprint density at radius 2 is 2.24 bits per heavy atom. The Balaban J connectivity index is 1.76. The molecule has 1 aliphatic rings. The number of halogens is 3. The predicted molar refractivity (Wildman–Crippen MR) is 68.7 cm³/mol. The number of nitrogens with zero attached hydrogens (tertiary/aromatic N) is 3. The van der Waals surface area contributed by atoms with Crippen molar-refractivity contribution in [3.05, 3.63) is 22.5 Å². The van der Waals surface area contributed by atoms with Gasteiger partial charge < -0.3 is 5.32 Å². The molecule has 0 bridgehead atoms. The molecule has 9 heteroatoms. The van der Waals surface area contributed by atoms with E-state index >= 15 is 0 Å². The molecule has 1 heterocycles. The highest BCUT2D eigenvalue weighted by atomic mass is 19.4. The van der Waals surface area contributed by atoms with Gasteiger partial charge in [0.15, 0.2) is 0 Å². The Morgan fingerprint density at radius 3 is 2.86 bits per heavy atom. The smallest absolute Gasteiger partial charge is 0.312 e. The van der Waals surface area contributed by atoms with E-state index in [-0.39, 0.29) is 24.6 Å². The van der Waals surface area contributed by atoms with Gasteiger partial charge in [0.1, 0.15) is 12.4 Å². The van der Waals surface area contributed by atoms with Gasteiger partial charge in [0.25, 0.3) is 0 Å². The third-order valence-electron chi connectivity index (χ3n) is 3.74.